The fraction of sp³-hybridized carbons (Fsp3) is 0.174. The van der Waals surface area contributed by atoms with Gasteiger partial charge in [-0.3, -0.25) is 0 Å². The number of benzene rings is 3. The minimum absolute atomic E-state index is 0.691. The highest BCUT2D eigenvalue weighted by molar-refractivity contribution is 5.88. The van der Waals surface area contributed by atoms with Crippen molar-refractivity contribution >= 4 is 40.3 Å². The minimum atomic E-state index is 0.691. The summed E-state index contributed by atoms with van der Waals surface area (Å²) in [4.78, 5) is 8.80. The number of hydrogen-bond donors (Lipinski definition) is 0. The van der Waals surface area contributed by atoms with Crippen LogP contribution < -0.4 is 19.9 Å². The second-order valence-corrected chi connectivity index (χ2v) is 6.33. The van der Waals surface area contributed by atoms with Crippen LogP contribution in [0.4, 0.5) is 11.4 Å². The molecule has 1 aliphatic rings. The number of nitrogens with zero attached hydrogens (tertiary/aromatic N) is 2. The molecule has 27 heavy (non-hydrogen) atoms. The topological polar surface area (TPSA) is 43.2 Å². The average Bonchev–Trinajstić information content (AvgIpc) is 2.72. The van der Waals surface area contributed by atoms with Crippen molar-refractivity contribution < 1.29 is 9.47 Å². The Morgan fingerprint density at radius 1 is 0.741 bits per heavy atom. The number of fused-ring (bicyclic) bond motifs is 2. The summed E-state index contributed by atoms with van der Waals surface area (Å²) in [6, 6.07) is 18.9. The average molecular weight is 356 g/mol. The fourth-order valence-corrected chi connectivity index (χ4v) is 3.27. The molecule has 0 N–H and O–H groups in total. The highest BCUT2D eigenvalue weighted by Crippen LogP contribution is 2.32. The largest absolute Gasteiger partial charge is 0.494 e. The van der Waals surface area contributed by atoms with Gasteiger partial charge in [0, 0.05) is 0 Å². The van der Waals surface area contributed by atoms with Gasteiger partial charge in [0.2, 0.25) is 0 Å². The molecule has 0 aliphatic heterocycles. The number of ether oxygens (including phenoxy) is 2. The molecule has 0 fully saturated rings. The van der Waals surface area contributed by atoms with E-state index in [4.69, 9.17) is 9.47 Å². The van der Waals surface area contributed by atoms with Crippen molar-refractivity contribution in [2.45, 2.75) is 12.8 Å². The third-order valence-corrected chi connectivity index (χ3v) is 4.67. The lowest BCUT2D eigenvalue weighted by Crippen LogP contribution is -2.26. The molecule has 0 amide bonds. The van der Waals surface area contributed by atoms with Gasteiger partial charge in [-0.05, 0) is 58.3 Å². The van der Waals surface area contributed by atoms with Crippen LogP contribution in [0.25, 0.3) is 22.9 Å². The zero-order chi connectivity index (χ0) is 18.6. The molecular weight excluding hydrogens is 336 g/mol. The Hall–Kier alpha value is -3.36. The van der Waals surface area contributed by atoms with Crippen molar-refractivity contribution in [3.8, 4) is 11.5 Å². The molecule has 0 heterocycles. The SMILES string of the molecule is COc1cc2c(cc1N=C=Nc1cc3ccccc3cc1OC)=CCCC=2. The molecule has 0 saturated carbocycles. The van der Waals surface area contributed by atoms with E-state index in [1.54, 1.807) is 14.2 Å². The summed E-state index contributed by atoms with van der Waals surface area (Å²) in [6.07, 6.45) is 6.55. The van der Waals surface area contributed by atoms with Crippen LogP contribution in [0.3, 0.4) is 0 Å². The molecule has 0 radical (unpaired) electrons. The van der Waals surface area contributed by atoms with Crippen LogP contribution in [-0.2, 0) is 0 Å². The third kappa shape index (κ3) is 3.48. The number of aliphatic imine (C=N–C) groups is 2. The highest BCUT2D eigenvalue weighted by Gasteiger charge is 2.05. The maximum Gasteiger partial charge on any atom is 0.145 e. The minimum Gasteiger partial charge on any atom is -0.494 e. The van der Waals surface area contributed by atoms with E-state index < -0.39 is 0 Å². The molecule has 0 spiro atoms. The maximum absolute atomic E-state index is 5.48. The van der Waals surface area contributed by atoms with E-state index in [0.717, 1.165) is 23.6 Å². The molecular formula is C23H20N2O2. The number of methoxy groups -OCH3 is 2. The quantitative estimate of drug-likeness (QED) is 0.652. The lowest BCUT2D eigenvalue weighted by molar-refractivity contribution is 0.415. The first kappa shape index (κ1) is 17.1. The Kier molecular flexibility index (Phi) is 4.73. The number of hydrogen-bond acceptors (Lipinski definition) is 4. The van der Waals surface area contributed by atoms with Gasteiger partial charge in [0.1, 0.15) is 28.9 Å². The summed E-state index contributed by atoms with van der Waals surface area (Å²) in [6.45, 7) is 0. The monoisotopic (exact) mass is 356 g/mol. The molecule has 0 unspecified atom stereocenters. The molecule has 0 saturated heterocycles. The summed E-state index contributed by atoms with van der Waals surface area (Å²) in [5.74, 6) is 1.41. The van der Waals surface area contributed by atoms with Crippen LogP contribution in [0.15, 0.2) is 58.5 Å². The third-order valence-electron chi connectivity index (χ3n) is 4.67. The Balaban J connectivity index is 1.77. The first-order chi connectivity index (χ1) is 13.3. The van der Waals surface area contributed by atoms with Gasteiger partial charge in [-0.1, -0.05) is 36.4 Å². The van der Waals surface area contributed by atoms with Crippen LogP contribution in [0.1, 0.15) is 12.8 Å². The van der Waals surface area contributed by atoms with E-state index in [2.05, 4.69) is 28.1 Å². The van der Waals surface area contributed by atoms with Crippen molar-refractivity contribution in [2.24, 2.45) is 9.98 Å². The summed E-state index contributed by atoms with van der Waals surface area (Å²) in [7, 11) is 3.29. The predicted molar refractivity (Wildman–Crippen MR) is 110 cm³/mol. The second-order valence-electron chi connectivity index (χ2n) is 6.33. The Bertz CT molecular complexity index is 1190. The second kappa shape index (κ2) is 7.48. The van der Waals surface area contributed by atoms with Crippen molar-refractivity contribution in [2.75, 3.05) is 14.2 Å². The van der Waals surface area contributed by atoms with Crippen LogP contribution in [-0.4, -0.2) is 20.2 Å². The Labute approximate surface area is 157 Å². The van der Waals surface area contributed by atoms with Crippen LogP contribution in [0, 0.1) is 0 Å². The summed E-state index contributed by atoms with van der Waals surface area (Å²) in [5.41, 5.74) is 1.41. The fourth-order valence-electron chi connectivity index (χ4n) is 3.27. The van der Waals surface area contributed by atoms with Crippen molar-refractivity contribution in [3.63, 3.8) is 0 Å². The zero-order valence-electron chi connectivity index (χ0n) is 15.4. The molecule has 4 nitrogen and oxygen atoms in total. The van der Waals surface area contributed by atoms with E-state index >= 15 is 0 Å². The maximum atomic E-state index is 5.48. The van der Waals surface area contributed by atoms with Gasteiger partial charge in [-0.25, -0.2) is 0 Å². The van der Waals surface area contributed by atoms with Gasteiger partial charge in [0.05, 0.1) is 14.2 Å². The molecule has 3 aromatic rings. The van der Waals surface area contributed by atoms with Gasteiger partial charge in [-0.2, -0.15) is 9.98 Å². The van der Waals surface area contributed by atoms with E-state index in [0.29, 0.717) is 22.9 Å². The highest BCUT2D eigenvalue weighted by atomic mass is 16.5. The molecule has 1 aliphatic carbocycles. The number of rotatable bonds is 4. The van der Waals surface area contributed by atoms with Crippen molar-refractivity contribution in [1.29, 1.82) is 0 Å². The first-order valence-electron chi connectivity index (χ1n) is 8.90. The molecule has 4 heteroatoms. The molecule has 0 atom stereocenters. The standard InChI is InChI=1S/C23H20N2O2/c1-26-22-13-18-9-5-3-7-16(18)11-20(22)24-15-25-21-12-17-8-4-6-10-19(17)14-23(21)27-2/h3,5,7-14H,4,6H2,1-2H3. The van der Waals surface area contributed by atoms with Crippen molar-refractivity contribution in [3.05, 3.63) is 59.0 Å². The first-order valence-corrected chi connectivity index (χ1v) is 8.90. The van der Waals surface area contributed by atoms with Gasteiger partial charge < -0.3 is 9.47 Å². The van der Waals surface area contributed by atoms with E-state index in [9.17, 15) is 0 Å². The van der Waals surface area contributed by atoms with Crippen molar-refractivity contribution in [1.82, 2.24) is 0 Å². The summed E-state index contributed by atoms with van der Waals surface area (Å²) in [5, 5.41) is 4.56. The lowest BCUT2D eigenvalue weighted by atomic mass is 10.1. The zero-order valence-corrected chi connectivity index (χ0v) is 15.4. The van der Waals surface area contributed by atoms with Gasteiger partial charge >= 0.3 is 0 Å². The van der Waals surface area contributed by atoms with Crippen LogP contribution in [0.5, 0.6) is 11.5 Å². The normalized spacial score (nSPS) is 12.2. The predicted octanol–water partition coefficient (Wildman–Crippen LogP) is 4.35. The van der Waals surface area contributed by atoms with Gasteiger partial charge in [0.25, 0.3) is 0 Å². The Morgan fingerprint density at radius 2 is 1.30 bits per heavy atom. The van der Waals surface area contributed by atoms with Gasteiger partial charge in [0.15, 0.2) is 0 Å². The van der Waals surface area contributed by atoms with E-state index in [-0.39, 0.29) is 0 Å². The summed E-state index contributed by atoms with van der Waals surface area (Å²) >= 11 is 0. The van der Waals surface area contributed by atoms with E-state index in [1.165, 1.54) is 10.4 Å². The molecule has 0 aromatic heterocycles. The molecule has 0 bridgehead atoms. The molecule has 3 aromatic carbocycles. The van der Waals surface area contributed by atoms with Crippen LogP contribution >= 0.6 is 0 Å². The van der Waals surface area contributed by atoms with Gasteiger partial charge in [-0.15, -0.1) is 0 Å². The summed E-state index contributed by atoms with van der Waals surface area (Å²) < 4.78 is 10.9. The van der Waals surface area contributed by atoms with Crippen LogP contribution in [0.2, 0.25) is 0 Å². The lowest BCUT2D eigenvalue weighted by Gasteiger charge is -2.06. The molecule has 4 rings (SSSR count). The smallest absolute Gasteiger partial charge is 0.145 e. The Morgan fingerprint density at radius 3 is 1.96 bits per heavy atom. The van der Waals surface area contributed by atoms with E-state index in [1.807, 2.05) is 48.5 Å². The molecule has 134 valence electrons.